The normalized spacial score (nSPS) is 11.1. The minimum absolute atomic E-state index is 0.327. The Morgan fingerprint density at radius 2 is 1.93 bits per heavy atom. The Kier molecular flexibility index (Phi) is 6.12. The number of hydrogen-bond acceptors (Lipinski definition) is 4. The highest BCUT2D eigenvalue weighted by Crippen LogP contribution is 2.35. The van der Waals surface area contributed by atoms with Crippen LogP contribution in [0, 0.1) is 6.92 Å². The van der Waals surface area contributed by atoms with Gasteiger partial charge in [0.25, 0.3) is 5.91 Å². The lowest BCUT2D eigenvalue weighted by Crippen LogP contribution is -2.16. The molecule has 0 saturated carbocycles. The van der Waals surface area contributed by atoms with Crippen molar-refractivity contribution in [3.8, 4) is 5.75 Å². The molecule has 0 radical (unpaired) electrons. The molecular formula is C24H19ClN2O2S. The number of nitrogens with one attached hydrogen (secondary N) is 1. The van der Waals surface area contributed by atoms with Crippen molar-refractivity contribution in [2.75, 3.05) is 0 Å². The lowest BCUT2D eigenvalue weighted by atomic mass is 10.2. The van der Waals surface area contributed by atoms with Crippen LogP contribution >= 0.6 is 22.9 Å². The summed E-state index contributed by atoms with van der Waals surface area (Å²) >= 11 is 7.75. The molecule has 4 rings (SSSR count). The molecule has 1 heterocycles. The van der Waals surface area contributed by atoms with Crippen LogP contribution in [0.5, 0.6) is 5.75 Å². The highest BCUT2D eigenvalue weighted by molar-refractivity contribution is 7.21. The number of ether oxygens (including phenoxy) is 1. The number of halogens is 1. The Labute approximate surface area is 183 Å². The quantitative estimate of drug-likeness (QED) is 0.290. The number of fused-ring (bicyclic) bond motifs is 1. The number of rotatable bonds is 6. The second-order valence-corrected chi connectivity index (χ2v) is 8.22. The largest absolute Gasteiger partial charge is 0.489 e. The zero-order chi connectivity index (χ0) is 20.9. The van der Waals surface area contributed by atoms with Crippen LogP contribution < -0.4 is 10.2 Å². The first-order chi connectivity index (χ1) is 14.6. The van der Waals surface area contributed by atoms with E-state index in [0.717, 1.165) is 32.5 Å². The van der Waals surface area contributed by atoms with Gasteiger partial charge in [0.05, 0.1) is 11.2 Å². The van der Waals surface area contributed by atoms with E-state index in [1.54, 1.807) is 6.21 Å². The highest BCUT2D eigenvalue weighted by Gasteiger charge is 2.16. The summed E-state index contributed by atoms with van der Waals surface area (Å²) in [6, 6.07) is 23.4. The van der Waals surface area contributed by atoms with Gasteiger partial charge in [-0.05, 0) is 41.8 Å². The molecule has 4 nitrogen and oxygen atoms in total. The fraction of sp³-hybridized carbons (Fsp3) is 0.0833. The lowest BCUT2D eigenvalue weighted by Gasteiger charge is -2.06. The molecule has 0 aliphatic carbocycles. The molecule has 1 amide bonds. The number of hydrogen-bond donors (Lipinski definition) is 1. The van der Waals surface area contributed by atoms with Crippen molar-refractivity contribution < 1.29 is 9.53 Å². The molecule has 0 bridgehead atoms. The zero-order valence-electron chi connectivity index (χ0n) is 16.3. The second kappa shape index (κ2) is 9.11. The van der Waals surface area contributed by atoms with Crippen molar-refractivity contribution in [3.05, 3.63) is 99.4 Å². The second-order valence-electron chi connectivity index (χ2n) is 6.79. The smallest absolute Gasteiger partial charge is 0.283 e. The number of hydrazone groups is 1. The fourth-order valence-electron chi connectivity index (χ4n) is 2.96. The van der Waals surface area contributed by atoms with Gasteiger partial charge in [-0.15, -0.1) is 11.3 Å². The van der Waals surface area contributed by atoms with Gasteiger partial charge in [-0.2, -0.15) is 5.10 Å². The van der Waals surface area contributed by atoms with E-state index >= 15 is 0 Å². The van der Waals surface area contributed by atoms with Crippen LogP contribution in [0.4, 0.5) is 0 Å². The summed E-state index contributed by atoms with van der Waals surface area (Å²) in [5.74, 6) is 0.406. The molecule has 3 aromatic carbocycles. The maximum atomic E-state index is 12.5. The standard InChI is InChI=1S/C24H19ClN2O2S/c1-16-10-11-20-21(12-16)30-23(22(20)25)24(28)27-26-14-18-8-5-9-19(13-18)29-15-17-6-3-2-4-7-17/h2-14H,15H2,1H3,(H,27,28)/b26-14+. The van der Waals surface area contributed by atoms with Gasteiger partial charge in [0.2, 0.25) is 0 Å². The van der Waals surface area contributed by atoms with E-state index in [4.69, 9.17) is 16.3 Å². The van der Waals surface area contributed by atoms with Crippen LogP contribution in [-0.4, -0.2) is 12.1 Å². The lowest BCUT2D eigenvalue weighted by molar-refractivity contribution is 0.0959. The van der Waals surface area contributed by atoms with Crippen LogP contribution in [0.15, 0.2) is 77.9 Å². The molecule has 6 heteroatoms. The van der Waals surface area contributed by atoms with Crippen molar-refractivity contribution in [2.45, 2.75) is 13.5 Å². The molecule has 0 atom stereocenters. The highest BCUT2D eigenvalue weighted by atomic mass is 35.5. The number of amides is 1. The average Bonchev–Trinajstić information content (AvgIpc) is 3.09. The molecule has 0 saturated heterocycles. The van der Waals surface area contributed by atoms with Crippen molar-refractivity contribution in [3.63, 3.8) is 0 Å². The molecule has 4 aromatic rings. The van der Waals surface area contributed by atoms with Crippen molar-refractivity contribution >= 4 is 45.1 Å². The van der Waals surface area contributed by atoms with Crippen molar-refractivity contribution in [2.24, 2.45) is 5.10 Å². The Bertz CT molecular complexity index is 1220. The Morgan fingerprint density at radius 3 is 2.77 bits per heavy atom. The molecule has 0 aliphatic heterocycles. The van der Waals surface area contributed by atoms with Gasteiger partial charge >= 0.3 is 0 Å². The molecule has 0 aliphatic rings. The van der Waals surface area contributed by atoms with E-state index in [1.165, 1.54) is 11.3 Å². The van der Waals surface area contributed by atoms with Crippen LogP contribution in [0.3, 0.4) is 0 Å². The SMILES string of the molecule is Cc1ccc2c(Cl)c(C(=O)N/N=C/c3cccc(OCc4ccccc4)c3)sc2c1. The van der Waals surface area contributed by atoms with Gasteiger partial charge in [-0.25, -0.2) is 5.43 Å². The molecule has 150 valence electrons. The Balaban J connectivity index is 1.41. The monoisotopic (exact) mass is 434 g/mol. The van der Waals surface area contributed by atoms with Crippen LogP contribution in [0.25, 0.3) is 10.1 Å². The first-order valence-corrected chi connectivity index (χ1v) is 10.6. The van der Waals surface area contributed by atoms with Gasteiger partial charge in [-0.1, -0.05) is 66.2 Å². The zero-order valence-corrected chi connectivity index (χ0v) is 17.8. The predicted molar refractivity (Wildman–Crippen MR) is 124 cm³/mol. The van der Waals surface area contributed by atoms with Crippen molar-refractivity contribution in [1.29, 1.82) is 0 Å². The third-order valence-corrected chi connectivity index (χ3v) is 6.13. The third kappa shape index (κ3) is 4.70. The van der Waals surface area contributed by atoms with Gasteiger partial charge in [0.15, 0.2) is 0 Å². The average molecular weight is 435 g/mol. The first kappa shape index (κ1) is 20.1. The summed E-state index contributed by atoms with van der Waals surface area (Å²) in [6.07, 6.45) is 1.58. The molecule has 0 spiro atoms. The third-order valence-electron chi connectivity index (χ3n) is 4.48. The van der Waals surface area contributed by atoms with Crippen LogP contribution in [-0.2, 0) is 6.61 Å². The molecular weight excluding hydrogens is 416 g/mol. The molecule has 0 fully saturated rings. The molecule has 0 unspecified atom stereocenters. The fourth-order valence-corrected chi connectivity index (χ4v) is 4.47. The van der Waals surface area contributed by atoms with Gasteiger partial charge in [-0.3, -0.25) is 4.79 Å². The maximum absolute atomic E-state index is 12.5. The predicted octanol–water partition coefficient (Wildman–Crippen LogP) is 6.21. The van der Waals surface area contributed by atoms with Crippen LogP contribution in [0.1, 0.15) is 26.4 Å². The number of carbonyl (C=O) groups excluding carboxylic acids is 1. The van der Waals surface area contributed by atoms with E-state index in [9.17, 15) is 4.79 Å². The number of thiophene rings is 1. The number of aryl methyl sites for hydroxylation is 1. The summed E-state index contributed by atoms with van der Waals surface area (Å²) in [5.41, 5.74) is 5.60. The molecule has 1 aromatic heterocycles. The van der Waals surface area contributed by atoms with E-state index in [1.807, 2.05) is 79.7 Å². The van der Waals surface area contributed by atoms with Gasteiger partial charge in [0, 0.05) is 10.1 Å². The summed E-state index contributed by atoms with van der Waals surface area (Å²) in [7, 11) is 0. The minimum Gasteiger partial charge on any atom is -0.489 e. The number of nitrogens with zero attached hydrogens (tertiary/aromatic N) is 1. The van der Waals surface area contributed by atoms with Crippen molar-refractivity contribution in [1.82, 2.24) is 5.43 Å². The Hall–Kier alpha value is -3.15. The summed E-state index contributed by atoms with van der Waals surface area (Å²) in [5, 5.41) is 5.41. The molecule has 1 N–H and O–H groups in total. The van der Waals surface area contributed by atoms with E-state index in [2.05, 4.69) is 10.5 Å². The summed E-state index contributed by atoms with van der Waals surface area (Å²) in [6.45, 7) is 2.50. The van der Waals surface area contributed by atoms with Crippen LogP contribution in [0.2, 0.25) is 5.02 Å². The number of benzene rings is 3. The first-order valence-electron chi connectivity index (χ1n) is 9.39. The van der Waals surface area contributed by atoms with E-state index in [0.29, 0.717) is 16.5 Å². The molecule has 30 heavy (non-hydrogen) atoms. The summed E-state index contributed by atoms with van der Waals surface area (Å²) < 4.78 is 6.81. The van der Waals surface area contributed by atoms with E-state index < -0.39 is 0 Å². The van der Waals surface area contributed by atoms with Gasteiger partial charge in [0.1, 0.15) is 17.2 Å². The summed E-state index contributed by atoms with van der Waals surface area (Å²) in [4.78, 5) is 13.0. The Morgan fingerprint density at radius 1 is 1.10 bits per heavy atom. The topological polar surface area (TPSA) is 50.7 Å². The van der Waals surface area contributed by atoms with Gasteiger partial charge < -0.3 is 4.74 Å². The van der Waals surface area contributed by atoms with E-state index in [-0.39, 0.29) is 5.91 Å². The minimum atomic E-state index is -0.327. The maximum Gasteiger partial charge on any atom is 0.283 e. The number of carbonyl (C=O) groups is 1.